The maximum Gasteiger partial charge on any atom is 2.00 e. The van der Waals surface area contributed by atoms with Gasteiger partial charge in [-0.1, -0.05) is 73.5 Å². The topological polar surface area (TPSA) is 43.2 Å². The van der Waals surface area contributed by atoms with E-state index in [0.717, 1.165) is 37.5 Å². The van der Waals surface area contributed by atoms with Crippen LogP contribution < -0.4 is 34.0 Å². The second-order valence-electron chi connectivity index (χ2n) is 10.3. The van der Waals surface area contributed by atoms with Crippen LogP contribution in [0.25, 0.3) is 0 Å². The summed E-state index contributed by atoms with van der Waals surface area (Å²) in [5.41, 5.74) is 2.12. The van der Waals surface area contributed by atoms with E-state index in [-0.39, 0.29) is 73.7 Å². The van der Waals surface area contributed by atoms with Gasteiger partial charge in [-0.15, -0.1) is 0 Å². The molecule has 2 aromatic rings. The fourth-order valence-corrected chi connectivity index (χ4v) is 6.53. The summed E-state index contributed by atoms with van der Waals surface area (Å²) < 4.78 is 13.4. The fourth-order valence-electron chi connectivity index (χ4n) is 6.53. The van der Waals surface area contributed by atoms with Crippen molar-refractivity contribution < 1.29 is 59.9 Å². The molecule has 0 unspecified atom stereocenters. The molecule has 0 aromatic heterocycles. The van der Waals surface area contributed by atoms with E-state index in [9.17, 15) is 0 Å². The van der Waals surface area contributed by atoms with Crippen molar-refractivity contribution in [3.63, 3.8) is 0 Å². The van der Waals surface area contributed by atoms with Crippen LogP contribution in [0.2, 0.25) is 0 Å². The molecule has 0 saturated heterocycles. The molecule has 2 atom stereocenters. The summed E-state index contributed by atoms with van der Waals surface area (Å²) in [7, 11) is 0. The Balaban J connectivity index is 0.00000120. The van der Waals surface area contributed by atoms with Gasteiger partial charge >= 0.3 is 16.5 Å². The molecule has 2 aliphatic heterocycles. The standard InChI is InChI=1S/C29H34N2O2.2BrH.Ni/c1-5-13-22(14-6-1)26-28(17-9-3-10-18-28)32-24(30-26)21-25-31-27(23-15-7-2-8-16-23)29(33-25)19-11-4-12-20-29;;;/h1-2,5-8,13-16,26-27H,3-4,9-12,17-21H2;2*1H;/q;;;+2/p-2/t26-,27-;;;/m1.../s1. The molecule has 2 aromatic carbocycles. The van der Waals surface area contributed by atoms with E-state index in [4.69, 9.17) is 19.5 Å². The minimum absolute atomic E-state index is 0. The molecule has 0 bridgehead atoms. The zero-order valence-electron chi connectivity index (χ0n) is 20.5. The molecule has 2 fully saturated rings. The van der Waals surface area contributed by atoms with Crippen LogP contribution in [0.5, 0.6) is 0 Å². The third-order valence-electron chi connectivity index (χ3n) is 8.12. The first kappa shape index (κ1) is 29.4. The van der Waals surface area contributed by atoms with Gasteiger partial charge in [-0.05, 0) is 62.5 Å². The summed E-state index contributed by atoms with van der Waals surface area (Å²) in [5.74, 6) is 1.62. The van der Waals surface area contributed by atoms with Crippen molar-refractivity contribution in [2.45, 2.75) is 93.9 Å². The van der Waals surface area contributed by atoms with E-state index in [1.807, 2.05) is 0 Å². The van der Waals surface area contributed by atoms with Crippen molar-refractivity contribution in [2.24, 2.45) is 9.98 Å². The minimum Gasteiger partial charge on any atom is -1.00 e. The van der Waals surface area contributed by atoms with Gasteiger partial charge in [0.15, 0.2) is 11.8 Å². The Morgan fingerprint density at radius 2 is 0.944 bits per heavy atom. The molecule has 196 valence electrons. The van der Waals surface area contributed by atoms with E-state index >= 15 is 0 Å². The van der Waals surface area contributed by atoms with Gasteiger partial charge in [-0.25, -0.2) is 9.98 Å². The predicted molar refractivity (Wildman–Crippen MR) is 132 cm³/mol. The number of ether oxygens (including phenoxy) is 2. The van der Waals surface area contributed by atoms with E-state index < -0.39 is 0 Å². The number of halogens is 2. The van der Waals surface area contributed by atoms with Crippen molar-refractivity contribution in [1.82, 2.24) is 0 Å². The van der Waals surface area contributed by atoms with Crippen LogP contribution in [0, 0.1) is 0 Å². The average Bonchev–Trinajstić information content (AvgIpc) is 3.38. The third kappa shape index (κ3) is 5.64. The minimum atomic E-state index is -0.199. The molecule has 6 rings (SSSR count). The molecule has 2 saturated carbocycles. The van der Waals surface area contributed by atoms with Crippen LogP contribution in [-0.2, 0) is 26.0 Å². The number of nitrogens with zero attached hydrogens (tertiary/aromatic N) is 2. The fraction of sp³-hybridized carbons (Fsp3) is 0.517. The third-order valence-corrected chi connectivity index (χ3v) is 8.12. The van der Waals surface area contributed by atoms with E-state index in [0.29, 0.717) is 6.42 Å². The zero-order chi connectivity index (χ0) is 22.1. The molecule has 0 N–H and O–H groups in total. The van der Waals surface area contributed by atoms with Gasteiger partial charge in [0.1, 0.15) is 23.3 Å². The molecule has 7 heteroatoms. The van der Waals surface area contributed by atoms with Crippen molar-refractivity contribution in [1.29, 1.82) is 0 Å². The number of rotatable bonds is 4. The largest absolute Gasteiger partial charge is 2.00 e. The summed E-state index contributed by atoms with van der Waals surface area (Å²) in [5, 5.41) is 0. The van der Waals surface area contributed by atoms with Gasteiger partial charge in [-0.3, -0.25) is 0 Å². The van der Waals surface area contributed by atoms with Crippen LogP contribution in [0.1, 0.15) is 93.8 Å². The second-order valence-corrected chi connectivity index (χ2v) is 10.3. The molecule has 4 aliphatic rings. The quantitative estimate of drug-likeness (QED) is 0.462. The summed E-state index contributed by atoms with van der Waals surface area (Å²) in [6.07, 6.45) is 12.3. The molecule has 2 heterocycles. The normalized spacial score (nSPS) is 25.3. The molecule has 2 spiro atoms. The first-order valence-corrected chi connectivity index (χ1v) is 12.9. The van der Waals surface area contributed by atoms with E-state index in [1.54, 1.807) is 0 Å². The van der Waals surface area contributed by atoms with Crippen LogP contribution in [-0.4, -0.2) is 23.0 Å². The molecular formula is C29H34Br2N2NiO2. The van der Waals surface area contributed by atoms with E-state index in [2.05, 4.69) is 60.7 Å². The van der Waals surface area contributed by atoms with Crippen molar-refractivity contribution in [3.05, 3.63) is 71.8 Å². The molecule has 36 heavy (non-hydrogen) atoms. The Labute approximate surface area is 246 Å². The first-order chi connectivity index (χ1) is 16.3. The summed E-state index contributed by atoms with van der Waals surface area (Å²) in [6, 6.07) is 21.5. The summed E-state index contributed by atoms with van der Waals surface area (Å²) >= 11 is 0. The van der Waals surface area contributed by atoms with Gasteiger partial charge in [0, 0.05) is 0 Å². The smallest absolute Gasteiger partial charge is 1.00 e. The van der Waals surface area contributed by atoms with Gasteiger partial charge < -0.3 is 43.4 Å². The molecular weight excluding hydrogens is 627 g/mol. The van der Waals surface area contributed by atoms with Crippen LogP contribution in [0.15, 0.2) is 70.6 Å². The molecule has 2 aliphatic carbocycles. The average molecular weight is 661 g/mol. The van der Waals surface area contributed by atoms with Crippen molar-refractivity contribution >= 4 is 11.8 Å². The van der Waals surface area contributed by atoms with Gasteiger partial charge in [-0.2, -0.15) is 0 Å². The van der Waals surface area contributed by atoms with E-state index in [1.165, 1.54) is 49.7 Å². The SMILES string of the molecule is [Br-].[Br-].[Ni+2].c1ccc([C@H]2N=C(CC3=N[C@H](c4ccccc4)C4(CCCCC4)O3)OC23CCCCC3)cc1. The van der Waals surface area contributed by atoms with Crippen LogP contribution in [0.3, 0.4) is 0 Å². The summed E-state index contributed by atoms with van der Waals surface area (Å²) in [6.45, 7) is 0. The second kappa shape index (κ2) is 12.6. The van der Waals surface area contributed by atoms with Gasteiger partial charge in [0.25, 0.3) is 0 Å². The Morgan fingerprint density at radius 3 is 1.31 bits per heavy atom. The Bertz CT molecular complexity index is 952. The Morgan fingerprint density at radius 1 is 0.583 bits per heavy atom. The maximum absolute atomic E-state index is 6.72. The molecule has 0 radical (unpaired) electrons. The van der Waals surface area contributed by atoms with Crippen molar-refractivity contribution in [3.8, 4) is 0 Å². The number of aliphatic imine (C=N–C) groups is 2. The predicted octanol–water partition coefficient (Wildman–Crippen LogP) is 1.13. The maximum atomic E-state index is 6.72. The number of hydrogen-bond acceptors (Lipinski definition) is 4. The molecule has 0 amide bonds. The monoisotopic (exact) mass is 658 g/mol. The number of hydrogen-bond donors (Lipinski definition) is 0. The first-order valence-electron chi connectivity index (χ1n) is 12.9. The summed E-state index contributed by atoms with van der Waals surface area (Å²) in [4.78, 5) is 10.3. The number of benzene rings is 2. The Kier molecular flexibility index (Phi) is 10.3. The van der Waals surface area contributed by atoms with Gasteiger partial charge in [0.2, 0.25) is 0 Å². The van der Waals surface area contributed by atoms with Gasteiger partial charge in [0.05, 0.1) is 6.42 Å². The van der Waals surface area contributed by atoms with Crippen LogP contribution >= 0.6 is 0 Å². The van der Waals surface area contributed by atoms with Crippen LogP contribution in [0.4, 0.5) is 0 Å². The Hall–Kier alpha value is -1.17. The van der Waals surface area contributed by atoms with Crippen molar-refractivity contribution in [2.75, 3.05) is 0 Å². The molecule has 4 nitrogen and oxygen atoms in total. The zero-order valence-corrected chi connectivity index (χ0v) is 24.6.